The van der Waals surface area contributed by atoms with Gasteiger partial charge in [-0.05, 0) is 5.92 Å². The highest BCUT2D eigenvalue weighted by Gasteiger charge is 2.29. The largest absolute Gasteiger partial charge is 0.347 e. The fourth-order valence-corrected chi connectivity index (χ4v) is 2.04. The molecule has 0 aromatic carbocycles. The number of amides is 1. The zero-order valence-corrected chi connectivity index (χ0v) is 11.0. The van der Waals surface area contributed by atoms with Gasteiger partial charge in [-0.1, -0.05) is 20.3 Å². The molecule has 0 bridgehead atoms. The van der Waals surface area contributed by atoms with Gasteiger partial charge in [0.1, 0.15) is 6.04 Å². The molecule has 2 atom stereocenters. The van der Waals surface area contributed by atoms with Gasteiger partial charge in [0, 0.05) is 40.3 Å². The Bertz CT molecular complexity index is 230. The Kier molecular flexibility index (Phi) is 5.22. The van der Waals surface area contributed by atoms with Crippen molar-refractivity contribution in [2.24, 2.45) is 5.92 Å². The topological polar surface area (TPSA) is 35.6 Å². The predicted molar refractivity (Wildman–Crippen MR) is 66.4 cm³/mol. The molecule has 16 heavy (non-hydrogen) atoms. The molecule has 1 aliphatic rings. The van der Waals surface area contributed by atoms with Crippen molar-refractivity contribution in [1.29, 1.82) is 0 Å². The summed E-state index contributed by atoms with van der Waals surface area (Å²) >= 11 is 0. The summed E-state index contributed by atoms with van der Waals surface area (Å²) in [6.45, 7) is 8.24. The van der Waals surface area contributed by atoms with Crippen LogP contribution in [-0.2, 0) is 4.79 Å². The lowest BCUT2D eigenvalue weighted by Crippen LogP contribution is -2.58. The van der Waals surface area contributed by atoms with E-state index in [1.54, 1.807) is 4.90 Å². The van der Waals surface area contributed by atoms with Crippen LogP contribution in [0.3, 0.4) is 0 Å². The second kappa shape index (κ2) is 6.21. The van der Waals surface area contributed by atoms with E-state index in [0.29, 0.717) is 5.92 Å². The fourth-order valence-electron chi connectivity index (χ4n) is 2.04. The molecule has 0 saturated carbocycles. The van der Waals surface area contributed by atoms with E-state index >= 15 is 0 Å². The predicted octanol–water partition coefficient (Wildman–Crippen LogP) is 0.395. The molecule has 1 amide bonds. The van der Waals surface area contributed by atoms with E-state index in [1.165, 1.54) is 6.42 Å². The SMILES string of the molecule is CCC(C)CN1CCNCC1C(=O)N(C)C. The molecular weight excluding hydrogens is 202 g/mol. The van der Waals surface area contributed by atoms with E-state index in [9.17, 15) is 4.79 Å². The smallest absolute Gasteiger partial charge is 0.240 e. The molecular formula is C12H25N3O. The van der Waals surface area contributed by atoms with Crippen molar-refractivity contribution in [3.8, 4) is 0 Å². The molecule has 0 aromatic heterocycles. The van der Waals surface area contributed by atoms with Crippen LogP contribution in [-0.4, -0.2) is 62.0 Å². The third-order valence-electron chi connectivity index (χ3n) is 3.32. The van der Waals surface area contributed by atoms with E-state index < -0.39 is 0 Å². The quantitative estimate of drug-likeness (QED) is 0.755. The van der Waals surface area contributed by atoms with Crippen LogP contribution in [0.15, 0.2) is 0 Å². The fraction of sp³-hybridized carbons (Fsp3) is 0.917. The van der Waals surface area contributed by atoms with Crippen LogP contribution in [0.2, 0.25) is 0 Å². The Morgan fingerprint density at radius 3 is 2.81 bits per heavy atom. The van der Waals surface area contributed by atoms with Crippen LogP contribution in [0.25, 0.3) is 0 Å². The highest BCUT2D eigenvalue weighted by atomic mass is 16.2. The molecule has 0 radical (unpaired) electrons. The van der Waals surface area contributed by atoms with E-state index in [1.807, 2.05) is 14.1 Å². The molecule has 94 valence electrons. The van der Waals surface area contributed by atoms with Crippen LogP contribution in [0.5, 0.6) is 0 Å². The van der Waals surface area contributed by atoms with Gasteiger partial charge in [0.2, 0.25) is 5.91 Å². The van der Waals surface area contributed by atoms with Crippen LogP contribution in [0.4, 0.5) is 0 Å². The van der Waals surface area contributed by atoms with Crippen molar-refractivity contribution >= 4 is 5.91 Å². The van der Waals surface area contributed by atoms with Crippen molar-refractivity contribution in [1.82, 2.24) is 15.1 Å². The molecule has 1 fully saturated rings. The Hall–Kier alpha value is -0.610. The van der Waals surface area contributed by atoms with Crippen LogP contribution in [0, 0.1) is 5.92 Å². The minimum Gasteiger partial charge on any atom is -0.347 e. The zero-order valence-electron chi connectivity index (χ0n) is 11.0. The van der Waals surface area contributed by atoms with Gasteiger partial charge >= 0.3 is 0 Å². The molecule has 1 aliphatic heterocycles. The maximum atomic E-state index is 12.0. The first kappa shape index (κ1) is 13.5. The van der Waals surface area contributed by atoms with Gasteiger partial charge in [-0.2, -0.15) is 0 Å². The first-order valence-corrected chi connectivity index (χ1v) is 6.22. The summed E-state index contributed by atoms with van der Waals surface area (Å²) in [5, 5.41) is 3.30. The Morgan fingerprint density at radius 2 is 2.25 bits per heavy atom. The number of nitrogens with one attached hydrogen (secondary N) is 1. The Labute approximate surface area is 99.0 Å². The molecule has 2 unspecified atom stereocenters. The van der Waals surface area contributed by atoms with Crippen LogP contribution in [0.1, 0.15) is 20.3 Å². The average molecular weight is 227 g/mol. The number of piperazine rings is 1. The summed E-state index contributed by atoms with van der Waals surface area (Å²) in [7, 11) is 3.66. The lowest BCUT2D eigenvalue weighted by molar-refractivity contribution is -0.135. The van der Waals surface area contributed by atoms with Crippen molar-refractivity contribution in [3.63, 3.8) is 0 Å². The van der Waals surface area contributed by atoms with Gasteiger partial charge in [-0.15, -0.1) is 0 Å². The number of carbonyl (C=O) groups excluding carboxylic acids is 1. The first-order chi connectivity index (χ1) is 7.56. The molecule has 1 saturated heterocycles. The number of likely N-dealkylation sites (N-methyl/N-ethyl adjacent to an activating group) is 1. The van der Waals surface area contributed by atoms with E-state index in [-0.39, 0.29) is 11.9 Å². The lowest BCUT2D eigenvalue weighted by Gasteiger charge is -2.37. The second-order valence-electron chi connectivity index (χ2n) is 4.96. The number of hydrogen-bond donors (Lipinski definition) is 1. The number of carbonyl (C=O) groups is 1. The summed E-state index contributed by atoms with van der Waals surface area (Å²) in [6.07, 6.45) is 1.17. The maximum Gasteiger partial charge on any atom is 0.240 e. The van der Waals surface area contributed by atoms with Gasteiger partial charge in [-0.3, -0.25) is 9.69 Å². The van der Waals surface area contributed by atoms with Gasteiger partial charge in [-0.25, -0.2) is 0 Å². The molecule has 1 N–H and O–H groups in total. The normalized spacial score (nSPS) is 24.1. The first-order valence-electron chi connectivity index (χ1n) is 6.22. The summed E-state index contributed by atoms with van der Waals surface area (Å²) in [5.41, 5.74) is 0. The number of nitrogens with zero attached hydrogens (tertiary/aromatic N) is 2. The summed E-state index contributed by atoms with van der Waals surface area (Å²) in [5.74, 6) is 0.881. The van der Waals surface area contributed by atoms with Crippen molar-refractivity contribution in [2.45, 2.75) is 26.3 Å². The van der Waals surface area contributed by atoms with Gasteiger partial charge in [0.25, 0.3) is 0 Å². The van der Waals surface area contributed by atoms with Crippen LogP contribution < -0.4 is 5.32 Å². The van der Waals surface area contributed by atoms with Gasteiger partial charge in [0.15, 0.2) is 0 Å². The molecule has 0 spiro atoms. The third-order valence-corrected chi connectivity index (χ3v) is 3.32. The Balaban J connectivity index is 2.60. The zero-order chi connectivity index (χ0) is 12.1. The highest BCUT2D eigenvalue weighted by Crippen LogP contribution is 2.11. The van der Waals surface area contributed by atoms with Crippen molar-refractivity contribution < 1.29 is 4.79 Å². The Morgan fingerprint density at radius 1 is 1.56 bits per heavy atom. The monoisotopic (exact) mass is 227 g/mol. The van der Waals surface area contributed by atoms with Gasteiger partial charge in [0.05, 0.1) is 0 Å². The molecule has 0 aromatic rings. The average Bonchev–Trinajstić information content (AvgIpc) is 2.28. The molecule has 1 heterocycles. The molecule has 4 nitrogen and oxygen atoms in total. The van der Waals surface area contributed by atoms with E-state index in [0.717, 1.165) is 26.2 Å². The summed E-state index contributed by atoms with van der Waals surface area (Å²) in [6, 6.07) is 0.0257. The minimum atomic E-state index is 0.0257. The standard InChI is InChI=1S/C12H25N3O/c1-5-10(2)9-15-7-6-13-8-11(15)12(16)14(3)4/h10-11,13H,5-9H2,1-4H3. The van der Waals surface area contributed by atoms with Gasteiger partial charge < -0.3 is 10.2 Å². The van der Waals surface area contributed by atoms with E-state index in [4.69, 9.17) is 0 Å². The van der Waals surface area contributed by atoms with E-state index in [2.05, 4.69) is 24.1 Å². The number of rotatable bonds is 4. The third kappa shape index (κ3) is 3.46. The minimum absolute atomic E-state index is 0.0257. The van der Waals surface area contributed by atoms with Crippen molar-refractivity contribution in [2.75, 3.05) is 40.3 Å². The molecule has 4 heteroatoms. The second-order valence-corrected chi connectivity index (χ2v) is 4.96. The lowest BCUT2D eigenvalue weighted by atomic mass is 10.1. The maximum absolute atomic E-state index is 12.0. The molecule has 0 aliphatic carbocycles. The molecule has 1 rings (SSSR count). The highest BCUT2D eigenvalue weighted by molar-refractivity contribution is 5.81. The summed E-state index contributed by atoms with van der Waals surface area (Å²) < 4.78 is 0. The number of hydrogen-bond acceptors (Lipinski definition) is 3. The van der Waals surface area contributed by atoms with Crippen LogP contribution >= 0.6 is 0 Å². The van der Waals surface area contributed by atoms with Crippen molar-refractivity contribution in [3.05, 3.63) is 0 Å². The summed E-state index contributed by atoms with van der Waals surface area (Å²) in [4.78, 5) is 16.0.